The Bertz CT molecular complexity index is 587. The van der Waals surface area contributed by atoms with Crippen LogP contribution in [0, 0.1) is 23.2 Å². The molecule has 3 nitrogen and oxygen atoms in total. The van der Waals surface area contributed by atoms with E-state index in [-0.39, 0.29) is 17.1 Å². The van der Waals surface area contributed by atoms with Gasteiger partial charge in [-0.25, -0.2) is 0 Å². The van der Waals surface area contributed by atoms with Crippen LogP contribution in [0.1, 0.15) is 45.4 Å². The quantitative estimate of drug-likeness (QED) is 0.744. The van der Waals surface area contributed by atoms with Crippen LogP contribution < -0.4 is 0 Å². The average molecular weight is 286 g/mol. The largest absolute Gasteiger partial charge is 0.381 e. The summed E-state index contributed by atoms with van der Waals surface area (Å²) in [7, 11) is 0. The highest BCUT2D eigenvalue weighted by molar-refractivity contribution is 6.01. The second-order valence-corrected chi connectivity index (χ2v) is 7.56. The summed E-state index contributed by atoms with van der Waals surface area (Å²) in [6.07, 6.45) is 10.1. The molecule has 3 saturated carbocycles. The number of hydrogen-bond acceptors (Lipinski definition) is 3. The Morgan fingerprint density at radius 1 is 1.14 bits per heavy atom. The highest BCUT2D eigenvalue weighted by atomic mass is 16.3. The van der Waals surface area contributed by atoms with Crippen molar-refractivity contribution >= 4 is 11.6 Å². The van der Waals surface area contributed by atoms with Gasteiger partial charge in [0.25, 0.3) is 0 Å². The van der Waals surface area contributed by atoms with Crippen molar-refractivity contribution in [3.8, 4) is 0 Å². The lowest BCUT2D eigenvalue weighted by Crippen LogP contribution is -2.54. The zero-order chi connectivity index (χ0) is 14.8. The smallest absolute Gasteiger partial charge is 0.178 e. The van der Waals surface area contributed by atoms with Crippen LogP contribution in [0.15, 0.2) is 23.8 Å². The van der Waals surface area contributed by atoms with Gasteiger partial charge in [0.2, 0.25) is 0 Å². The summed E-state index contributed by atoms with van der Waals surface area (Å²) in [5.41, 5.74) is -0.208. The minimum atomic E-state index is -0.941. The summed E-state index contributed by atoms with van der Waals surface area (Å²) < 4.78 is 0. The van der Waals surface area contributed by atoms with Crippen LogP contribution in [0.2, 0.25) is 0 Å². The summed E-state index contributed by atoms with van der Waals surface area (Å²) in [6.45, 7) is 2.14. The number of carbonyl (C=O) groups is 2. The summed E-state index contributed by atoms with van der Waals surface area (Å²) >= 11 is 0. The van der Waals surface area contributed by atoms with Crippen LogP contribution in [-0.2, 0) is 9.59 Å². The standard InChI is InChI=1S/C18H22O3/c1-17-8-7-15-13(14(17)4-5-16(17)20)3-2-11-10-12(19)6-9-18(11,15)21/h6,9-10,13-15,21H,2-5,7-8H2,1H3/t13-,14-,15-,17+,18-/m1/s1. The van der Waals surface area contributed by atoms with E-state index in [9.17, 15) is 14.7 Å². The SMILES string of the molecule is C[C@]12CC[C@@H]3[C@H](CCC4=CC(=O)C=C[C@@]43O)[C@H]1CCC2=O. The van der Waals surface area contributed by atoms with E-state index in [2.05, 4.69) is 6.92 Å². The van der Waals surface area contributed by atoms with Crippen molar-refractivity contribution in [2.45, 2.75) is 51.0 Å². The Morgan fingerprint density at radius 2 is 1.95 bits per heavy atom. The van der Waals surface area contributed by atoms with E-state index >= 15 is 0 Å². The third kappa shape index (κ3) is 1.64. The highest BCUT2D eigenvalue weighted by Crippen LogP contribution is 2.60. The summed E-state index contributed by atoms with van der Waals surface area (Å²) in [5.74, 6) is 1.42. The van der Waals surface area contributed by atoms with Gasteiger partial charge in [-0.1, -0.05) is 6.92 Å². The van der Waals surface area contributed by atoms with Gasteiger partial charge >= 0.3 is 0 Å². The Balaban J connectivity index is 1.72. The topological polar surface area (TPSA) is 54.4 Å². The minimum Gasteiger partial charge on any atom is -0.381 e. The fourth-order valence-corrected chi connectivity index (χ4v) is 5.62. The van der Waals surface area contributed by atoms with Gasteiger partial charge in [-0.2, -0.15) is 0 Å². The first kappa shape index (κ1) is 13.4. The lowest BCUT2D eigenvalue weighted by molar-refractivity contribution is -0.134. The zero-order valence-electron chi connectivity index (χ0n) is 12.5. The van der Waals surface area contributed by atoms with Gasteiger partial charge in [-0.3, -0.25) is 9.59 Å². The number of fused-ring (bicyclic) bond motifs is 5. The molecule has 0 amide bonds. The number of rotatable bonds is 0. The Kier molecular flexibility index (Phi) is 2.66. The summed E-state index contributed by atoms with van der Waals surface area (Å²) in [6, 6.07) is 0. The van der Waals surface area contributed by atoms with Crippen LogP contribution in [-0.4, -0.2) is 22.3 Å². The number of Topliss-reactive ketones (excluding diaryl/α,β-unsaturated/α-hetero) is 1. The van der Waals surface area contributed by atoms with Gasteiger partial charge in [-0.05, 0) is 73.7 Å². The average Bonchev–Trinajstić information content (AvgIpc) is 2.76. The molecular formula is C18H22O3. The number of aliphatic hydroxyl groups is 1. The molecule has 0 aromatic carbocycles. The van der Waals surface area contributed by atoms with E-state index in [0.29, 0.717) is 24.0 Å². The molecule has 4 aliphatic carbocycles. The molecule has 0 bridgehead atoms. The molecule has 4 aliphatic rings. The molecule has 21 heavy (non-hydrogen) atoms. The third-order valence-electron chi connectivity index (χ3n) is 6.79. The maximum atomic E-state index is 12.3. The molecule has 0 radical (unpaired) electrons. The van der Waals surface area contributed by atoms with Gasteiger partial charge in [0, 0.05) is 11.8 Å². The van der Waals surface area contributed by atoms with Gasteiger partial charge in [0.1, 0.15) is 11.4 Å². The fourth-order valence-electron chi connectivity index (χ4n) is 5.62. The van der Waals surface area contributed by atoms with E-state index in [1.54, 1.807) is 12.2 Å². The molecule has 3 heteroatoms. The van der Waals surface area contributed by atoms with Crippen molar-refractivity contribution in [2.24, 2.45) is 23.2 Å². The molecule has 0 aliphatic heterocycles. The molecule has 0 heterocycles. The van der Waals surface area contributed by atoms with Crippen LogP contribution in [0.3, 0.4) is 0 Å². The zero-order valence-corrected chi connectivity index (χ0v) is 12.5. The fraction of sp³-hybridized carbons (Fsp3) is 0.667. The Hall–Kier alpha value is -1.22. The maximum absolute atomic E-state index is 12.3. The van der Waals surface area contributed by atoms with Crippen molar-refractivity contribution in [1.82, 2.24) is 0 Å². The van der Waals surface area contributed by atoms with Gasteiger partial charge in [0.15, 0.2) is 5.78 Å². The van der Waals surface area contributed by atoms with Gasteiger partial charge in [0.05, 0.1) is 0 Å². The van der Waals surface area contributed by atoms with Crippen molar-refractivity contribution in [3.05, 3.63) is 23.8 Å². The predicted molar refractivity (Wildman–Crippen MR) is 78.5 cm³/mol. The molecule has 0 saturated heterocycles. The first-order chi connectivity index (χ1) is 9.95. The van der Waals surface area contributed by atoms with Gasteiger partial charge < -0.3 is 5.11 Å². The molecular weight excluding hydrogens is 264 g/mol. The molecule has 4 rings (SSSR count). The molecule has 0 aromatic rings. The minimum absolute atomic E-state index is 0.00943. The second-order valence-electron chi connectivity index (χ2n) is 7.56. The van der Waals surface area contributed by atoms with Crippen molar-refractivity contribution in [2.75, 3.05) is 0 Å². The number of carbonyl (C=O) groups excluding carboxylic acids is 2. The van der Waals surface area contributed by atoms with E-state index in [4.69, 9.17) is 0 Å². The van der Waals surface area contributed by atoms with E-state index in [1.165, 1.54) is 6.08 Å². The molecule has 3 fully saturated rings. The lowest BCUT2D eigenvalue weighted by atomic mass is 9.51. The molecule has 0 aromatic heterocycles. The van der Waals surface area contributed by atoms with Crippen molar-refractivity contribution in [3.63, 3.8) is 0 Å². The molecule has 112 valence electrons. The number of hydrogen-bond donors (Lipinski definition) is 1. The van der Waals surface area contributed by atoms with Crippen LogP contribution >= 0.6 is 0 Å². The third-order valence-corrected chi connectivity index (χ3v) is 6.79. The normalized spacial score (nSPS) is 48.5. The first-order valence-electron chi connectivity index (χ1n) is 8.15. The molecule has 0 spiro atoms. The monoisotopic (exact) mass is 286 g/mol. The lowest BCUT2D eigenvalue weighted by Gasteiger charge is -2.54. The van der Waals surface area contributed by atoms with Crippen LogP contribution in [0.5, 0.6) is 0 Å². The van der Waals surface area contributed by atoms with Crippen molar-refractivity contribution in [1.29, 1.82) is 0 Å². The van der Waals surface area contributed by atoms with Crippen LogP contribution in [0.25, 0.3) is 0 Å². The van der Waals surface area contributed by atoms with E-state index in [0.717, 1.165) is 37.7 Å². The van der Waals surface area contributed by atoms with Crippen molar-refractivity contribution < 1.29 is 14.7 Å². The predicted octanol–water partition coefficient (Wildman–Crippen LogP) is 2.59. The van der Waals surface area contributed by atoms with E-state index in [1.807, 2.05) is 0 Å². The number of allylic oxidation sites excluding steroid dienone is 2. The summed E-state index contributed by atoms with van der Waals surface area (Å²) in [5, 5.41) is 11.2. The Labute approximate surface area is 125 Å². The number of ketones is 2. The maximum Gasteiger partial charge on any atom is 0.178 e. The summed E-state index contributed by atoms with van der Waals surface area (Å²) in [4.78, 5) is 23.9. The van der Waals surface area contributed by atoms with Crippen LogP contribution in [0.4, 0.5) is 0 Å². The molecule has 1 N–H and O–H groups in total. The second kappa shape index (κ2) is 4.16. The van der Waals surface area contributed by atoms with Gasteiger partial charge in [-0.15, -0.1) is 0 Å². The first-order valence-corrected chi connectivity index (χ1v) is 8.15. The molecule has 0 unspecified atom stereocenters. The highest BCUT2D eigenvalue weighted by Gasteiger charge is 2.59. The van der Waals surface area contributed by atoms with E-state index < -0.39 is 5.60 Å². The Morgan fingerprint density at radius 3 is 2.76 bits per heavy atom. The molecule has 5 atom stereocenters.